The van der Waals surface area contributed by atoms with Crippen LogP contribution in [0.2, 0.25) is 0 Å². The first-order chi connectivity index (χ1) is 9.67. The molecule has 0 saturated carbocycles. The number of nitriles is 1. The van der Waals surface area contributed by atoms with Crippen molar-refractivity contribution in [3.8, 4) is 11.8 Å². The molecule has 0 aromatic heterocycles. The van der Waals surface area contributed by atoms with Crippen molar-refractivity contribution in [3.05, 3.63) is 29.8 Å². The van der Waals surface area contributed by atoms with Crippen LogP contribution in [-0.2, 0) is 9.47 Å². The van der Waals surface area contributed by atoms with Crippen LogP contribution in [0.1, 0.15) is 32.3 Å². The van der Waals surface area contributed by atoms with Gasteiger partial charge in [0.05, 0.1) is 36.6 Å². The first kappa shape index (κ1) is 14.8. The van der Waals surface area contributed by atoms with Gasteiger partial charge in [0.1, 0.15) is 12.4 Å². The van der Waals surface area contributed by atoms with Crippen LogP contribution in [-0.4, -0.2) is 31.5 Å². The minimum Gasteiger partial charge on any atom is -0.491 e. The maximum absolute atomic E-state index is 8.71. The summed E-state index contributed by atoms with van der Waals surface area (Å²) < 4.78 is 17.1. The molecule has 1 aliphatic rings. The molecule has 1 fully saturated rings. The minimum atomic E-state index is 0.262. The second-order valence-electron chi connectivity index (χ2n) is 5.21. The fourth-order valence-corrected chi connectivity index (χ4v) is 2.48. The lowest BCUT2D eigenvalue weighted by atomic mass is 10.0. The molecule has 1 saturated heterocycles. The third-order valence-corrected chi connectivity index (χ3v) is 3.34. The van der Waals surface area contributed by atoms with Gasteiger partial charge in [-0.15, -0.1) is 0 Å². The predicted molar refractivity (Wildman–Crippen MR) is 75.6 cm³/mol. The summed E-state index contributed by atoms with van der Waals surface area (Å²) in [4.78, 5) is 0. The molecular weight excluding hydrogens is 254 g/mol. The van der Waals surface area contributed by atoms with Crippen molar-refractivity contribution in [2.24, 2.45) is 0 Å². The highest BCUT2D eigenvalue weighted by Gasteiger charge is 2.24. The Morgan fingerprint density at radius 2 is 1.80 bits per heavy atom. The smallest absolute Gasteiger partial charge is 0.119 e. The average molecular weight is 275 g/mol. The van der Waals surface area contributed by atoms with Crippen LogP contribution in [0.25, 0.3) is 0 Å². The van der Waals surface area contributed by atoms with E-state index < -0.39 is 0 Å². The fraction of sp³-hybridized carbons (Fsp3) is 0.562. The Morgan fingerprint density at radius 3 is 2.40 bits per heavy atom. The highest BCUT2D eigenvalue weighted by molar-refractivity contribution is 5.34. The first-order valence-electron chi connectivity index (χ1n) is 7.07. The zero-order chi connectivity index (χ0) is 14.4. The number of benzene rings is 1. The van der Waals surface area contributed by atoms with E-state index >= 15 is 0 Å². The maximum atomic E-state index is 8.71. The summed E-state index contributed by atoms with van der Waals surface area (Å²) in [6.45, 7) is 5.26. The lowest BCUT2D eigenvalue weighted by Crippen LogP contribution is -2.34. The molecule has 2 rings (SSSR count). The van der Waals surface area contributed by atoms with E-state index in [-0.39, 0.29) is 18.3 Å². The van der Waals surface area contributed by atoms with E-state index in [0.717, 1.165) is 18.6 Å². The molecule has 1 heterocycles. The Balaban J connectivity index is 1.67. The Hall–Kier alpha value is -1.57. The summed E-state index contributed by atoms with van der Waals surface area (Å²) in [6.07, 6.45) is 2.69. The van der Waals surface area contributed by atoms with Gasteiger partial charge in [-0.05, 0) is 51.0 Å². The normalized spacial score (nSPS) is 25.9. The monoisotopic (exact) mass is 275 g/mol. The highest BCUT2D eigenvalue weighted by Crippen LogP contribution is 2.21. The summed E-state index contributed by atoms with van der Waals surface area (Å²) >= 11 is 0. The quantitative estimate of drug-likeness (QED) is 0.775. The van der Waals surface area contributed by atoms with Gasteiger partial charge < -0.3 is 14.2 Å². The fourth-order valence-electron chi connectivity index (χ4n) is 2.48. The van der Waals surface area contributed by atoms with Crippen molar-refractivity contribution >= 4 is 0 Å². The van der Waals surface area contributed by atoms with Crippen LogP contribution >= 0.6 is 0 Å². The molecule has 1 aromatic rings. The predicted octanol–water partition coefficient (Wildman–Crippen LogP) is 2.91. The van der Waals surface area contributed by atoms with Crippen LogP contribution in [0.15, 0.2) is 24.3 Å². The number of rotatable bonds is 5. The Labute approximate surface area is 120 Å². The van der Waals surface area contributed by atoms with Crippen molar-refractivity contribution in [2.45, 2.75) is 45.0 Å². The van der Waals surface area contributed by atoms with Gasteiger partial charge in [-0.1, -0.05) is 0 Å². The van der Waals surface area contributed by atoms with Gasteiger partial charge in [-0.3, -0.25) is 0 Å². The molecule has 4 nitrogen and oxygen atoms in total. The molecule has 20 heavy (non-hydrogen) atoms. The van der Waals surface area contributed by atoms with E-state index in [2.05, 4.69) is 19.9 Å². The zero-order valence-electron chi connectivity index (χ0n) is 12.0. The number of hydrogen-bond donors (Lipinski definition) is 0. The van der Waals surface area contributed by atoms with E-state index in [1.165, 1.54) is 0 Å². The average Bonchev–Trinajstić information content (AvgIpc) is 2.43. The zero-order valence-corrected chi connectivity index (χ0v) is 12.0. The van der Waals surface area contributed by atoms with Crippen molar-refractivity contribution in [3.63, 3.8) is 0 Å². The van der Waals surface area contributed by atoms with Gasteiger partial charge in [0.15, 0.2) is 0 Å². The Morgan fingerprint density at radius 1 is 1.15 bits per heavy atom. The van der Waals surface area contributed by atoms with Crippen LogP contribution in [0, 0.1) is 11.3 Å². The van der Waals surface area contributed by atoms with Gasteiger partial charge in [-0.2, -0.15) is 5.26 Å². The molecule has 2 unspecified atom stereocenters. The first-order valence-corrected chi connectivity index (χ1v) is 7.07. The van der Waals surface area contributed by atoms with Gasteiger partial charge in [0, 0.05) is 0 Å². The third kappa shape index (κ3) is 4.52. The summed E-state index contributed by atoms with van der Waals surface area (Å²) in [5, 5.41) is 8.71. The lowest BCUT2D eigenvalue weighted by molar-refractivity contribution is -0.104. The van der Waals surface area contributed by atoms with Crippen LogP contribution in [0.4, 0.5) is 0 Å². The van der Waals surface area contributed by atoms with E-state index in [4.69, 9.17) is 19.5 Å². The topological polar surface area (TPSA) is 51.5 Å². The Bertz CT molecular complexity index is 442. The molecule has 1 aromatic carbocycles. The van der Waals surface area contributed by atoms with Gasteiger partial charge in [0.2, 0.25) is 0 Å². The molecule has 108 valence electrons. The molecule has 0 aliphatic carbocycles. The van der Waals surface area contributed by atoms with Gasteiger partial charge >= 0.3 is 0 Å². The summed E-state index contributed by atoms with van der Waals surface area (Å²) in [6, 6.07) is 9.18. The molecule has 0 radical (unpaired) electrons. The van der Waals surface area contributed by atoms with Crippen molar-refractivity contribution < 1.29 is 14.2 Å². The number of ether oxygens (including phenoxy) is 3. The minimum absolute atomic E-state index is 0.262. The molecule has 0 spiro atoms. The SMILES string of the molecule is CC1CC(OCCOc2ccc(C#N)cc2)CC(C)O1. The second kappa shape index (κ2) is 7.28. The lowest BCUT2D eigenvalue weighted by Gasteiger charge is -2.31. The van der Waals surface area contributed by atoms with Crippen molar-refractivity contribution in [1.82, 2.24) is 0 Å². The molecule has 0 bridgehead atoms. The number of nitrogens with zero attached hydrogens (tertiary/aromatic N) is 1. The van der Waals surface area contributed by atoms with Crippen molar-refractivity contribution in [2.75, 3.05) is 13.2 Å². The van der Waals surface area contributed by atoms with E-state index in [0.29, 0.717) is 18.8 Å². The molecule has 0 N–H and O–H groups in total. The van der Waals surface area contributed by atoms with E-state index in [1.54, 1.807) is 24.3 Å². The maximum Gasteiger partial charge on any atom is 0.119 e. The molecular formula is C16H21NO3. The largest absolute Gasteiger partial charge is 0.491 e. The summed E-state index contributed by atoms with van der Waals surface area (Å²) in [5.41, 5.74) is 0.638. The summed E-state index contributed by atoms with van der Waals surface area (Å²) in [5.74, 6) is 0.765. The van der Waals surface area contributed by atoms with Crippen molar-refractivity contribution in [1.29, 1.82) is 5.26 Å². The molecule has 0 amide bonds. The Kier molecular flexibility index (Phi) is 5.40. The molecule has 1 aliphatic heterocycles. The third-order valence-electron chi connectivity index (χ3n) is 3.34. The summed E-state index contributed by atoms with van der Waals surface area (Å²) in [7, 11) is 0. The van der Waals surface area contributed by atoms with E-state index in [9.17, 15) is 0 Å². The van der Waals surface area contributed by atoms with Gasteiger partial charge in [0.25, 0.3) is 0 Å². The van der Waals surface area contributed by atoms with Crippen LogP contribution in [0.3, 0.4) is 0 Å². The highest BCUT2D eigenvalue weighted by atomic mass is 16.5. The molecule has 2 atom stereocenters. The standard InChI is InChI=1S/C16H21NO3/c1-12-9-16(10-13(2)20-12)19-8-7-18-15-5-3-14(11-17)4-6-15/h3-6,12-13,16H,7-10H2,1-2H3. The molecule has 4 heteroatoms. The second-order valence-corrected chi connectivity index (χ2v) is 5.21. The van der Waals surface area contributed by atoms with Gasteiger partial charge in [-0.25, -0.2) is 0 Å². The van der Waals surface area contributed by atoms with Crippen LogP contribution < -0.4 is 4.74 Å². The number of hydrogen-bond acceptors (Lipinski definition) is 4. The van der Waals surface area contributed by atoms with Crippen LogP contribution in [0.5, 0.6) is 5.75 Å². The van der Waals surface area contributed by atoms with E-state index in [1.807, 2.05) is 0 Å².